The number of hydrogen-bond donors (Lipinski definition) is 2. The standard InChI is InChI=1S/C12H21NO2S/c1-16-10-12-6-5-11(15-12)9-13-7-3-2-4-8-14/h5-6,13-14H,2-4,7-10H2,1H3. The molecule has 0 aliphatic heterocycles. The molecule has 4 heteroatoms. The van der Waals surface area contributed by atoms with E-state index in [-0.39, 0.29) is 0 Å². The third kappa shape index (κ3) is 5.58. The SMILES string of the molecule is CSCc1ccc(CNCCCCCO)o1. The van der Waals surface area contributed by atoms with Crippen LogP contribution >= 0.6 is 11.8 Å². The van der Waals surface area contributed by atoms with Gasteiger partial charge in [0.05, 0.1) is 12.3 Å². The van der Waals surface area contributed by atoms with E-state index in [4.69, 9.17) is 9.52 Å². The lowest BCUT2D eigenvalue weighted by molar-refractivity contribution is 0.282. The molecule has 1 aromatic heterocycles. The Morgan fingerprint density at radius 3 is 2.81 bits per heavy atom. The van der Waals surface area contributed by atoms with E-state index in [1.54, 1.807) is 11.8 Å². The van der Waals surface area contributed by atoms with E-state index < -0.39 is 0 Å². The minimum Gasteiger partial charge on any atom is -0.464 e. The Hall–Kier alpha value is -0.450. The molecule has 0 spiro atoms. The summed E-state index contributed by atoms with van der Waals surface area (Å²) in [7, 11) is 0. The van der Waals surface area contributed by atoms with E-state index in [0.717, 1.165) is 49.6 Å². The highest BCUT2D eigenvalue weighted by Gasteiger charge is 2.00. The van der Waals surface area contributed by atoms with Crippen molar-refractivity contribution in [3.63, 3.8) is 0 Å². The van der Waals surface area contributed by atoms with Gasteiger partial charge in [-0.05, 0) is 44.2 Å². The molecule has 0 atom stereocenters. The fourth-order valence-corrected chi connectivity index (χ4v) is 1.93. The van der Waals surface area contributed by atoms with Gasteiger partial charge >= 0.3 is 0 Å². The molecule has 0 saturated carbocycles. The molecule has 0 bridgehead atoms. The van der Waals surface area contributed by atoms with Gasteiger partial charge in [-0.2, -0.15) is 11.8 Å². The van der Waals surface area contributed by atoms with Gasteiger partial charge < -0.3 is 14.8 Å². The molecule has 0 aliphatic carbocycles. The molecule has 3 nitrogen and oxygen atoms in total. The van der Waals surface area contributed by atoms with Crippen LogP contribution in [0.2, 0.25) is 0 Å². The van der Waals surface area contributed by atoms with Gasteiger partial charge in [0, 0.05) is 6.61 Å². The first-order chi connectivity index (χ1) is 7.86. The van der Waals surface area contributed by atoms with Crippen LogP contribution in [0.15, 0.2) is 16.5 Å². The summed E-state index contributed by atoms with van der Waals surface area (Å²) in [5, 5.41) is 12.0. The number of furan rings is 1. The van der Waals surface area contributed by atoms with Gasteiger partial charge in [-0.1, -0.05) is 0 Å². The van der Waals surface area contributed by atoms with Gasteiger partial charge in [0.2, 0.25) is 0 Å². The highest BCUT2D eigenvalue weighted by atomic mass is 32.2. The number of rotatable bonds is 9. The molecule has 1 aromatic rings. The van der Waals surface area contributed by atoms with Crippen LogP contribution in [0.5, 0.6) is 0 Å². The minimum absolute atomic E-state index is 0.302. The zero-order valence-electron chi connectivity index (χ0n) is 9.87. The molecule has 92 valence electrons. The molecule has 1 heterocycles. The van der Waals surface area contributed by atoms with Crippen molar-refractivity contribution in [3.05, 3.63) is 23.7 Å². The van der Waals surface area contributed by atoms with Gasteiger partial charge in [-0.3, -0.25) is 0 Å². The maximum Gasteiger partial charge on any atom is 0.117 e. The average Bonchev–Trinajstić information content (AvgIpc) is 2.72. The summed E-state index contributed by atoms with van der Waals surface area (Å²) in [4.78, 5) is 0. The summed E-state index contributed by atoms with van der Waals surface area (Å²) in [6.45, 7) is 2.09. The van der Waals surface area contributed by atoms with Gasteiger partial charge in [-0.15, -0.1) is 0 Å². The lowest BCUT2D eigenvalue weighted by Crippen LogP contribution is -2.14. The molecule has 0 radical (unpaired) electrons. The van der Waals surface area contributed by atoms with Crippen molar-refractivity contribution >= 4 is 11.8 Å². The molecular formula is C12H21NO2S. The highest BCUT2D eigenvalue weighted by molar-refractivity contribution is 7.97. The van der Waals surface area contributed by atoms with Crippen molar-refractivity contribution in [2.45, 2.75) is 31.6 Å². The van der Waals surface area contributed by atoms with Crippen molar-refractivity contribution < 1.29 is 9.52 Å². The third-order valence-corrected chi connectivity index (χ3v) is 2.89. The van der Waals surface area contributed by atoms with Crippen molar-refractivity contribution in [2.24, 2.45) is 0 Å². The van der Waals surface area contributed by atoms with Gasteiger partial charge in [0.15, 0.2) is 0 Å². The van der Waals surface area contributed by atoms with Gasteiger partial charge in [0.25, 0.3) is 0 Å². The maximum atomic E-state index is 8.62. The van der Waals surface area contributed by atoms with Crippen molar-refractivity contribution in [3.8, 4) is 0 Å². The van der Waals surface area contributed by atoms with E-state index in [1.165, 1.54) is 0 Å². The first-order valence-electron chi connectivity index (χ1n) is 5.75. The van der Waals surface area contributed by atoms with Crippen LogP contribution in [-0.4, -0.2) is 24.5 Å². The second kappa shape index (κ2) is 8.67. The smallest absolute Gasteiger partial charge is 0.117 e. The Bertz CT molecular complexity index is 276. The van der Waals surface area contributed by atoms with Crippen LogP contribution in [0.3, 0.4) is 0 Å². The Kier molecular flexibility index (Phi) is 7.38. The van der Waals surface area contributed by atoms with Gasteiger partial charge in [0.1, 0.15) is 11.5 Å². The van der Waals surface area contributed by atoms with E-state index in [2.05, 4.69) is 11.6 Å². The molecule has 0 fully saturated rings. The predicted molar refractivity (Wildman–Crippen MR) is 68.6 cm³/mol. The fourth-order valence-electron chi connectivity index (χ4n) is 1.49. The lowest BCUT2D eigenvalue weighted by atomic mass is 10.2. The molecule has 0 unspecified atom stereocenters. The summed E-state index contributed by atoms with van der Waals surface area (Å²) in [5.74, 6) is 2.99. The summed E-state index contributed by atoms with van der Waals surface area (Å²) in [6, 6.07) is 4.07. The largest absolute Gasteiger partial charge is 0.464 e. The average molecular weight is 243 g/mol. The molecular weight excluding hydrogens is 222 g/mol. The Labute approximate surface area is 102 Å². The van der Waals surface area contributed by atoms with Crippen LogP contribution < -0.4 is 5.32 Å². The second-order valence-corrected chi connectivity index (χ2v) is 4.63. The molecule has 16 heavy (non-hydrogen) atoms. The first kappa shape index (κ1) is 13.6. The van der Waals surface area contributed by atoms with E-state index in [9.17, 15) is 0 Å². The molecule has 0 saturated heterocycles. The molecule has 0 amide bonds. The molecule has 1 rings (SSSR count). The second-order valence-electron chi connectivity index (χ2n) is 3.76. The monoisotopic (exact) mass is 243 g/mol. The Balaban J connectivity index is 2.07. The van der Waals surface area contributed by atoms with Crippen molar-refractivity contribution in [1.82, 2.24) is 5.32 Å². The van der Waals surface area contributed by atoms with Crippen molar-refractivity contribution in [2.75, 3.05) is 19.4 Å². The maximum absolute atomic E-state index is 8.62. The number of hydrogen-bond acceptors (Lipinski definition) is 4. The highest BCUT2D eigenvalue weighted by Crippen LogP contribution is 2.13. The van der Waals surface area contributed by atoms with E-state index in [0.29, 0.717) is 6.61 Å². The van der Waals surface area contributed by atoms with Crippen LogP contribution in [0.25, 0.3) is 0 Å². The lowest BCUT2D eigenvalue weighted by Gasteiger charge is -2.01. The quantitative estimate of drug-likeness (QED) is 0.654. The number of aliphatic hydroxyl groups is 1. The summed E-state index contributed by atoms with van der Waals surface area (Å²) in [6.07, 6.45) is 5.17. The van der Waals surface area contributed by atoms with Crippen LogP contribution in [-0.2, 0) is 12.3 Å². The predicted octanol–water partition coefficient (Wildman–Crippen LogP) is 2.39. The summed E-state index contributed by atoms with van der Waals surface area (Å²) < 4.78 is 5.63. The van der Waals surface area contributed by atoms with E-state index >= 15 is 0 Å². The number of aliphatic hydroxyl groups excluding tert-OH is 1. The molecule has 0 aromatic carbocycles. The number of unbranched alkanes of at least 4 members (excludes halogenated alkanes) is 2. The van der Waals surface area contributed by atoms with Crippen LogP contribution in [0.1, 0.15) is 30.8 Å². The molecule has 2 N–H and O–H groups in total. The zero-order chi connectivity index (χ0) is 11.6. The van der Waals surface area contributed by atoms with Crippen LogP contribution in [0, 0.1) is 0 Å². The third-order valence-electron chi connectivity index (χ3n) is 2.31. The normalized spacial score (nSPS) is 10.9. The number of nitrogens with one attached hydrogen (secondary N) is 1. The fraction of sp³-hybridized carbons (Fsp3) is 0.667. The molecule has 0 aliphatic rings. The summed E-state index contributed by atoms with van der Waals surface area (Å²) in [5.41, 5.74) is 0. The Morgan fingerprint density at radius 1 is 1.25 bits per heavy atom. The van der Waals surface area contributed by atoms with Gasteiger partial charge in [-0.25, -0.2) is 0 Å². The Morgan fingerprint density at radius 2 is 2.06 bits per heavy atom. The summed E-state index contributed by atoms with van der Waals surface area (Å²) >= 11 is 1.77. The topological polar surface area (TPSA) is 45.4 Å². The zero-order valence-corrected chi connectivity index (χ0v) is 10.7. The first-order valence-corrected chi connectivity index (χ1v) is 7.14. The minimum atomic E-state index is 0.302. The number of thioether (sulfide) groups is 1. The van der Waals surface area contributed by atoms with E-state index in [1.807, 2.05) is 12.1 Å². The van der Waals surface area contributed by atoms with Crippen LogP contribution in [0.4, 0.5) is 0 Å². The van der Waals surface area contributed by atoms with Crippen molar-refractivity contribution in [1.29, 1.82) is 0 Å².